The molecule has 0 unspecified atom stereocenters. The van der Waals surface area contributed by atoms with Gasteiger partial charge in [0.15, 0.2) is 9.84 Å². The number of sulfone groups is 1. The molecule has 0 spiro atoms. The van der Waals surface area contributed by atoms with Gasteiger partial charge in [-0.25, -0.2) is 12.8 Å². The van der Waals surface area contributed by atoms with Crippen LogP contribution >= 0.6 is 11.6 Å². The highest BCUT2D eigenvalue weighted by atomic mass is 35.5. The molecular formula is C13H15ClFNO4S. The molecule has 1 saturated heterocycles. The van der Waals surface area contributed by atoms with Crippen molar-refractivity contribution in [2.75, 3.05) is 31.1 Å². The van der Waals surface area contributed by atoms with Gasteiger partial charge in [0.25, 0.3) is 0 Å². The summed E-state index contributed by atoms with van der Waals surface area (Å²) < 4.78 is 41.0. The van der Waals surface area contributed by atoms with Crippen LogP contribution in [0.15, 0.2) is 18.2 Å². The van der Waals surface area contributed by atoms with Gasteiger partial charge in [0.2, 0.25) is 0 Å². The Kier molecular flexibility index (Phi) is 5.18. The lowest BCUT2D eigenvalue weighted by molar-refractivity contribution is -0.146. The second-order valence-electron chi connectivity index (χ2n) is 4.79. The molecule has 0 aliphatic carbocycles. The molecule has 0 saturated carbocycles. The Balaban J connectivity index is 1.83. The molecule has 1 aliphatic rings. The van der Waals surface area contributed by atoms with E-state index in [1.54, 1.807) is 4.90 Å². The minimum absolute atomic E-state index is 0.0123. The van der Waals surface area contributed by atoms with Crippen molar-refractivity contribution in [1.29, 1.82) is 0 Å². The normalized spacial score (nSPS) is 18.4. The van der Waals surface area contributed by atoms with Crippen LogP contribution in [0.1, 0.15) is 5.56 Å². The van der Waals surface area contributed by atoms with Crippen molar-refractivity contribution in [3.8, 4) is 0 Å². The molecule has 21 heavy (non-hydrogen) atoms. The van der Waals surface area contributed by atoms with Crippen LogP contribution in [0.2, 0.25) is 5.02 Å². The Morgan fingerprint density at radius 2 is 2.00 bits per heavy atom. The standard InChI is InChI=1S/C13H15ClFNO4S/c14-11-2-1-3-12(15)10(11)9-20-13(17)8-16-4-6-21(18,19)7-5-16/h1-3H,4-9H2. The first-order chi connectivity index (χ1) is 9.87. The summed E-state index contributed by atoms with van der Waals surface area (Å²) in [6.07, 6.45) is 0. The van der Waals surface area contributed by atoms with Gasteiger partial charge in [0.05, 0.1) is 23.1 Å². The summed E-state index contributed by atoms with van der Waals surface area (Å²) in [7, 11) is -2.98. The Hall–Kier alpha value is -1.18. The lowest BCUT2D eigenvalue weighted by Crippen LogP contribution is -2.43. The van der Waals surface area contributed by atoms with Crippen molar-refractivity contribution in [2.45, 2.75) is 6.61 Å². The van der Waals surface area contributed by atoms with Crippen molar-refractivity contribution in [2.24, 2.45) is 0 Å². The summed E-state index contributed by atoms with van der Waals surface area (Å²) in [5.41, 5.74) is 0.133. The first-order valence-electron chi connectivity index (χ1n) is 6.39. The van der Waals surface area contributed by atoms with Crippen LogP contribution in [-0.2, 0) is 26.0 Å². The van der Waals surface area contributed by atoms with Gasteiger partial charge in [-0.3, -0.25) is 9.69 Å². The van der Waals surface area contributed by atoms with Crippen molar-refractivity contribution in [3.63, 3.8) is 0 Å². The summed E-state index contributed by atoms with van der Waals surface area (Å²) in [4.78, 5) is 13.4. The lowest BCUT2D eigenvalue weighted by Gasteiger charge is -2.25. The quantitative estimate of drug-likeness (QED) is 0.775. The second kappa shape index (κ2) is 6.72. The van der Waals surface area contributed by atoms with Gasteiger partial charge in [-0.05, 0) is 12.1 Å². The van der Waals surface area contributed by atoms with E-state index in [0.717, 1.165) is 0 Å². The molecule has 5 nitrogen and oxygen atoms in total. The molecule has 1 aromatic carbocycles. The lowest BCUT2D eigenvalue weighted by atomic mass is 10.2. The number of benzene rings is 1. The predicted molar refractivity (Wildman–Crippen MR) is 76.3 cm³/mol. The van der Waals surface area contributed by atoms with Crippen LogP contribution in [0.3, 0.4) is 0 Å². The Labute approximate surface area is 127 Å². The van der Waals surface area contributed by atoms with E-state index in [0.29, 0.717) is 13.1 Å². The topological polar surface area (TPSA) is 63.7 Å². The molecule has 0 atom stereocenters. The monoisotopic (exact) mass is 335 g/mol. The fourth-order valence-corrected chi connectivity index (χ4v) is 3.45. The van der Waals surface area contributed by atoms with E-state index in [1.807, 2.05) is 0 Å². The third-order valence-corrected chi connectivity index (χ3v) is 5.19. The van der Waals surface area contributed by atoms with Gasteiger partial charge in [-0.1, -0.05) is 17.7 Å². The zero-order chi connectivity index (χ0) is 15.5. The molecule has 116 valence electrons. The van der Waals surface area contributed by atoms with E-state index in [4.69, 9.17) is 16.3 Å². The van der Waals surface area contributed by atoms with Crippen LogP contribution in [0.25, 0.3) is 0 Å². The van der Waals surface area contributed by atoms with Gasteiger partial charge in [-0.2, -0.15) is 0 Å². The number of nitrogens with zero attached hydrogens (tertiary/aromatic N) is 1. The number of rotatable bonds is 4. The van der Waals surface area contributed by atoms with Crippen molar-refractivity contribution < 1.29 is 22.3 Å². The minimum atomic E-state index is -2.98. The Morgan fingerprint density at radius 1 is 1.33 bits per heavy atom. The number of halogens is 2. The fourth-order valence-electron chi connectivity index (χ4n) is 1.96. The summed E-state index contributed by atoms with van der Waals surface area (Å²) in [6, 6.07) is 4.23. The van der Waals surface area contributed by atoms with E-state index < -0.39 is 21.6 Å². The summed E-state index contributed by atoms with van der Waals surface area (Å²) in [5, 5.41) is 0.201. The number of ether oxygens (including phenoxy) is 1. The number of carbonyl (C=O) groups is 1. The number of hydrogen-bond acceptors (Lipinski definition) is 5. The first kappa shape index (κ1) is 16.2. The average Bonchev–Trinajstić information content (AvgIpc) is 2.41. The van der Waals surface area contributed by atoms with Crippen LogP contribution < -0.4 is 0 Å². The Morgan fingerprint density at radius 3 is 2.62 bits per heavy atom. The summed E-state index contributed by atoms with van der Waals surface area (Å²) >= 11 is 5.83. The van der Waals surface area contributed by atoms with Gasteiger partial charge in [0, 0.05) is 18.7 Å². The van der Waals surface area contributed by atoms with E-state index in [2.05, 4.69) is 0 Å². The number of carbonyl (C=O) groups excluding carboxylic acids is 1. The molecule has 0 bridgehead atoms. The minimum Gasteiger partial charge on any atom is -0.460 e. The SMILES string of the molecule is O=C(CN1CCS(=O)(=O)CC1)OCc1c(F)cccc1Cl. The predicted octanol–water partition coefficient (Wildman–Crippen LogP) is 1.25. The summed E-state index contributed by atoms with van der Waals surface area (Å²) in [6.45, 7) is 0.355. The molecule has 0 radical (unpaired) electrons. The van der Waals surface area contributed by atoms with E-state index in [1.165, 1.54) is 18.2 Å². The van der Waals surface area contributed by atoms with Gasteiger partial charge in [-0.15, -0.1) is 0 Å². The molecule has 2 rings (SSSR count). The highest BCUT2D eigenvalue weighted by molar-refractivity contribution is 7.91. The van der Waals surface area contributed by atoms with Gasteiger partial charge in [0.1, 0.15) is 12.4 Å². The van der Waals surface area contributed by atoms with E-state index in [9.17, 15) is 17.6 Å². The van der Waals surface area contributed by atoms with Crippen molar-refractivity contribution >= 4 is 27.4 Å². The molecule has 8 heteroatoms. The molecular weight excluding hydrogens is 321 g/mol. The number of hydrogen-bond donors (Lipinski definition) is 0. The van der Waals surface area contributed by atoms with Crippen LogP contribution in [0, 0.1) is 5.82 Å². The molecule has 1 aliphatic heterocycles. The largest absolute Gasteiger partial charge is 0.460 e. The zero-order valence-corrected chi connectivity index (χ0v) is 12.8. The Bertz CT molecular complexity index is 601. The number of esters is 1. The van der Waals surface area contributed by atoms with Crippen molar-refractivity contribution in [1.82, 2.24) is 4.90 Å². The van der Waals surface area contributed by atoms with Crippen LogP contribution in [0.4, 0.5) is 4.39 Å². The molecule has 1 aromatic rings. The third-order valence-electron chi connectivity index (χ3n) is 3.23. The van der Waals surface area contributed by atoms with Gasteiger partial charge >= 0.3 is 5.97 Å². The van der Waals surface area contributed by atoms with Crippen molar-refractivity contribution in [3.05, 3.63) is 34.6 Å². The zero-order valence-electron chi connectivity index (χ0n) is 11.2. The maximum Gasteiger partial charge on any atom is 0.320 e. The fraction of sp³-hybridized carbons (Fsp3) is 0.462. The van der Waals surface area contributed by atoms with E-state index >= 15 is 0 Å². The van der Waals surface area contributed by atoms with E-state index in [-0.39, 0.29) is 35.2 Å². The first-order valence-corrected chi connectivity index (χ1v) is 8.58. The second-order valence-corrected chi connectivity index (χ2v) is 7.50. The van der Waals surface area contributed by atoms with Gasteiger partial charge < -0.3 is 4.74 Å². The maximum atomic E-state index is 13.5. The third kappa shape index (κ3) is 4.66. The molecule has 1 heterocycles. The maximum absolute atomic E-state index is 13.5. The molecule has 0 amide bonds. The van der Waals surface area contributed by atoms with Crippen LogP contribution in [-0.4, -0.2) is 50.4 Å². The summed E-state index contributed by atoms with van der Waals surface area (Å²) in [5.74, 6) is -0.980. The highest BCUT2D eigenvalue weighted by Crippen LogP contribution is 2.19. The molecule has 0 aromatic heterocycles. The highest BCUT2D eigenvalue weighted by Gasteiger charge is 2.23. The molecule has 0 N–H and O–H groups in total. The average molecular weight is 336 g/mol. The smallest absolute Gasteiger partial charge is 0.320 e. The molecule has 1 fully saturated rings. The van der Waals surface area contributed by atoms with Crippen LogP contribution in [0.5, 0.6) is 0 Å².